The third-order valence-corrected chi connectivity index (χ3v) is 10.3. The number of sulfonamides is 1. The summed E-state index contributed by atoms with van der Waals surface area (Å²) in [7, 11) is -3.88. The highest BCUT2D eigenvalue weighted by molar-refractivity contribution is 8.09. The maximum atomic E-state index is 14.3. The molecule has 2 aliphatic carbocycles. The molecule has 0 bridgehead atoms. The summed E-state index contributed by atoms with van der Waals surface area (Å²) in [6.45, 7) is 7.55. The first-order valence-corrected chi connectivity index (χ1v) is 13.0. The maximum Gasteiger partial charge on any atom is 0.233 e. The Morgan fingerprint density at radius 3 is 2.52 bits per heavy atom. The van der Waals surface area contributed by atoms with Crippen LogP contribution >= 0.6 is 35.1 Å². The lowest BCUT2D eigenvalue weighted by Crippen LogP contribution is -2.57. The van der Waals surface area contributed by atoms with E-state index in [4.69, 9.17) is 23.2 Å². The summed E-state index contributed by atoms with van der Waals surface area (Å²) < 4.78 is 28.8. The van der Waals surface area contributed by atoms with Crippen LogP contribution in [0, 0.1) is 5.92 Å². The predicted molar refractivity (Wildman–Crippen MR) is 126 cm³/mol. The monoisotopic (exact) mass is 479 g/mol. The first-order valence-electron chi connectivity index (χ1n) is 9.95. The highest BCUT2D eigenvalue weighted by atomic mass is 35.5. The largest absolute Gasteiger partial charge is 0.394 e. The van der Waals surface area contributed by atoms with Crippen molar-refractivity contribution in [3.63, 3.8) is 0 Å². The molecule has 0 fully saturated rings. The summed E-state index contributed by atoms with van der Waals surface area (Å²) >= 11 is 14.1. The molecule has 0 heterocycles. The fraction of sp³-hybridized carbons (Fsp3) is 0.619. The van der Waals surface area contributed by atoms with Gasteiger partial charge in [-0.15, -0.1) is 15.3 Å². The van der Waals surface area contributed by atoms with Crippen molar-refractivity contribution >= 4 is 45.2 Å². The summed E-state index contributed by atoms with van der Waals surface area (Å²) in [5.74, 6) is -0.119. The molecule has 4 atom stereocenters. The van der Waals surface area contributed by atoms with E-state index in [0.717, 1.165) is 12.8 Å². The number of rotatable bonds is 9. The molecule has 8 heteroatoms. The van der Waals surface area contributed by atoms with Gasteiger partial charge in [0.1, 0.15) is 9.62 Å². The van der Waals surface area contributed by atoms with Crippen LogP contribution in [0.3, 0.4) is 0 Å². The molecule has 0 aliphatic heterocycles. The van der Waals surface area contributed by atoms with Gasteiger partial charge in [0.05, 0.1) is 12.6 Å². The molecular weight excluding hydrogens is 449 g/mol. The molecule has 2 rings (SSSR count). The van der Waals surface area contributed by atoms with E-state index in [2.05, 4.69) is 6.92 Å². The average molecular weight is 481 g/mol. The van der Waals surface area contributed by atoms with Crippen LogP contribution in [0.1, 0.15) is 47.0 Å². The number of nitrogens with zero attached hydrogens (tertiary/aromatic N) is 1. The molecular formula is C21H31Cl2NO3S2. The first kappa shape index (κ1) is 25.0. The van der Waals surface area contributed by atoms with Crippen LogP contribution in [0.15, 0.2) is 47.6 Å². The number of allylic oxidation sites excluding steroid dienone is 5. The van der Waals surface area contributed by atoms with Crippen molar-refractivity contribution in [3.8, 4) is 0 Å². The fourth-order valence-corrected chi connectivity index (χ4v) is 8.53. The zero-order valence-electron chi connectivity index (χ0n) is 17.4. The van der Waals surface area contributed by atoms with E-state index in [0.29, 0.717) is 11.5 Å². The molecule has 0 aromatic heterocycles. The van der Waals surface area contributed by atoms with Crippen molar-refractivity contribution in [2.24, 2.45) is 5.92 Å². The van der Waals surface area contributed by atoms with Crippen molar-refractivity contribution in [1.29, 1.82) is 0 Å². The number of halogens is 2. The molecule has 1 N–H and O–H groups in total. The van der Waals surface area contributed by atoms with Crippen LogP contribution in [-0.4, -0.2) is 44.8 Å². The molecule has 0 saturated carbocycles. The van der Waals surface area contributed by atoms with Gasteiger partial charge in [0.2, 0.25) is 10.0 Å². The van der Waals surface area contributed by atoms with Gasteiger partial charge < -0.3 is 5.11 Å². The van der Waals surface area contributed by atoms with Crippen molar-refractivity contribution in [3.05, 3.63) is 47.6 Å². The SMILES string of the molecule is CCC[C@@H](C)C1(S(=O)(=O)N(SC(C)C)C2C=CC=CC2(Cl)CO)C=CC(Cl)=CC1. The Bertz CT molecular complexity index is 807. The molecule has 2 aliphatic rings. The minimum Gasteiger partial charge on any atom is -0.394 e. The van der Waals surface area contributed by atoms with E-state index in [1.54, 1.807) is 42.5 Å². The molecule has 3 unspecified atom stereocenters. The van der Waals surface area contributed by atoms with Crippen molar-refractivity contribution in [2.45, 2.75) is 67.9 Å². The number of aliphatic hydroxyl groups excluding tert-OH is 1. The summed E-state index contributed by atoms with van der Waals surface area (Å²) in [6.07, 6.45) is 14.1. The quantitative estimate of drug-likeness (QED) is 0.355. The van der Waals surface area contributed by atoms with E-state index >= 15 is 0 Å². The Kier molecular flexibility index (Phi) is 8.56. The van der Waals surface area contributed by atoms with Crippen molar-refractivity contribution in [2.75, 3.05) is 6.61 Å². The predicted octanol–water partition coefficient (Wildman–Crippen LogP) is 5.40. The van der Waals surface area contributed by atoms with Gasteiger partial charge in [-0.05, 0) is 24.8 Å². The molecule has 0 radical (unpaired) electrons. The Morgan fingerprint density at radius 2 is 2.00 bits per heavy atom. The third kappa shape index (κ3) is 4.99. The average Bonchev–Trinajstić information content (AvgIpc) is 2.67. The van der Waals surface area contributed by atoms with Crippen LogP contribution in [0.2, 0.25) is 0 Å². The minimum absolute atomic E-state index is 0.00826. The van der Waals surface area contributed by atoms with Gasteiger partial charge in [0, 0.05) is 10.3 Å². The van der Waals surface area contributed by atoms with Crippen molar-refractivity contribution < 1.29 is 13.5 Å². The van der Waals surface area contributed by atoms with E-state index in [1.165, 1.54) is 15.7 Å². The van der Waals surface area contributed by atoms with Crippen LogP contribution in [0.25, 0.3) is 0 Å². The standard InChI is InChI=1S/C21H31Cl2NO3S2/c1-5-8-17(4)21(13-10-18(22)11-14-21)29(26,27)24(28-16(2)3)19-9-6-7-12-20(19,23)15-25/h6-7,9-13,16-17,19,25H,5,8,14-15H2,1-4H3/t17-,19?,20?,21?/m1/s1. The smallest absolute Gasteiger partial charge is 0.233 e. The normalized spacial score (nSPS) is 30.8. The lowest BCUT2D eigenvalue weighted by atomic mass is 9.84. The van der Waals surface area contributed by atoms with E-state index < -0.39 is 25.7 Å². The van der Waals surface area contributed by atoms with Crippen LogP contribution in [-0.2, 0) is 10.0 Å². The second kappa shape index (κ2) is 9.92. The van der Waals surface area contributed by atoms with Crippen LogP contribution in [0.5, 0.6) is 0 Å². The fourth-order valence-electron chi connectivity index (χ4n) is 3.78. The van der Waals surface area contributed by atoms with Crippen LogP contribution < -0.4 is 0 Å². The number of hydrogen-bond donors (Lipinski definition) is 1. The molecule has 4 nitrogen and oxygen atoms in total. The van der Waals surface area contributed by atoms with E-state index in [9.17, 15) is 13.5 Å². The van der Waals surface area contributed by atoms with Gasteiger partial charge in [0.25, 0.3) is 0 Å². The third-order valence-electron chi connectivity index (χ3n) is 5.47. The first-order chi connectivity index (χ1) is 13.5. The highest BCUT2D eigenvalue weighted by Gasteiger charge is 2.54. The molecule has 29 heavy (non-hydrogen) atoms. The van der Waals surface area contributed by atoms with Crippen molar-refractivity contribution in [1.82, 2.24) is 3.71 Å². The van der Waals surface area contributed by atoms with Gasteiger partial charge in [-0.25, -0.2) is 8.42 Å². The number of aliphatic hydroxyl groups is 1. The maximum absolute atomic E-state index is 14.3. The van der Waals surface area contributed by atoms with Gasteiger partial charge in [-0.3, -0.25) is 0 Å². The second-order valence-electron chi connectivity index (χ2n) is 7.96. The highest BCUT2D eigenvalue weighted by Crippen LogP contribution is 2.46. The molecule has 0 aromatic rings. The zero-order valence-corrected chi connectivity index (χ0v) is 20.5. The van der Waals surface area contributed by atoms with Crippen LogP contribution in [0.4, 0.5) is 0 Å². The molecule has 0 amide bonds. The Balaban J connectivity index is 2.62. The Hall–Kier alpha value is -0.240. The van der Waals surface area contributed by atoms with Gasteiger partial charge >= 0.3 is 0 Å². The molecule has 0 aromatic carbocycles. The Morgan fingerprint density at radius 1 is 1.31 bits per heavy atom. The van der Waals surface area contributed by atoms with Gasteiger partial charge in [-0.2, -0.15) is 0 Å². The van der Waals surface area contributed by atoms with Gasteiger partial charge in [0.15, 0.2) is 0 Å². The van der Waals surface area contributed by atoms with Gasteiger partial charge in [-0.1, -0.05) is 94.1 Å². The number of hydrogen-bond acceptors (Lipinski definition) is 4. The summed E-state index contributed by atoms with van der Waals surface area (Å²) in [4.78, 5) is -1.22. The Labute approximate surface area is 189 Å². The zero-order chi connectivity index (χ0) is 21.9. The van der Waals surface area contributed by atoms with E-state index in [1.807, 2.05) is 20.8 Å². The molecule has 164 valence electrons. The summed E-state index contributed by atoms with van der Waals surface area (Å²) in [5.41, 5.74) is 0. The number of alkyl halides is 1. The summed E-state index contributed by atoms with van der Waals surface area (Å²) in [6, 6.07) is -0.711. The van der Waals surface area contributed by atoms with E-state index in [-0.39, 0.29) is 17.8 Å². The summed E-state index contributed by atoms with van der Waals surface area (Å²) in [5, 5.41) is 10.5. The topological polar surface area (TPSA) is 57.6 Å². The molecule has 0 spiro atoms. The second-order valence-corrected chi connectivity index (χ2v) is 13.0. The lowest BCUT2D eigenvalue weighted by Gasteiger charge is -2.45. The lowest BCUT2D eigenvalue weighted by molar-refractivity contribution is 0.239. The molecule has 0 saturated heterocycles. The minimum atomic E-state index is -3.88.